The molecule has 5 heteroatoms. The van der Waals surface area contributed by atoms with Crippen LogP contribution in [0.1, 0.15) is 30.1 Å². The Morgan fingerprint density at radius 1 is 1.53 bits per heavy atom. The van der Waals surface area contributed by atoms with Crippen molar-refractivity contribution >= 4 is 29.1 Å². The molecule has 1 atom stereocenters. The van der Waals surface area contributed by atoms with E-state index in [0.29, 0.717) is 6.54 Å². The highest BCUT2D eigenvalue weighted by molar-refractivity contribution is 6.33. The molecule has 0 fully saturated rings. The number of hydrogen-bond acceptors (Lipinski definition) is 1. The van der Waals surface area contributed by atoms with E-state index in [9.17, 15) is 9.18 Å². The third kappa shape index (κ3) is 4.92. The van der Waals surface area contributed by atoms with E-state index >= 15 is 0 Å². The zero-order valence-corrected chi connectivity index (χ0v) is 11.0. The van der Waals surface area contributed by atoms with Gasteiger partial charge in [-0.25, -0.2) is 4.39 Å². The minimum Gasteiger partial charge on any atom is -0.352 e. The maximum absolute atomic E-state index is 12.8. The van der Waals surface area contributed by atoms with Crippen molar-refractivity contribution < 1.29 is 9.18 Å². The minimum atomic E-state index is -0.456. The van der Waals surface area contributed by atoms with Crippen molar-refractivity contribution in [1.82, 2.24) is 5.32 Å². The molecule has 2 nitrogen and oxygen atoms in total. The second-order valence-electron chi connectivity index (χ2n) is 3.80. The van der Waals surface area contributed by atoms with Crippen molar-refractivity contribution in [3.63, 3.8) is 0 Å². The molecule has 1 rings (SSSR count). The van der Waals surface area contributed by atoms with Crippen molar-refractivity contribution in [2.24, 2.45) is 0 Å². The van der Waals surface area contributed by atoms with E-state index in [1.807, 2.05) is 6.92 Å². The summed E-state index contributed by atoms with van der Waals surface area (Å²) in [6, 6.07) is 3.70. The van der Waals surface area contributed by atoms with E-state index in [4.69, 9.17) is 23.2 Å². The highest BCUT2D eigenvalue weighted by Gasteiger charge is 2.10. The summed E-state index contributed by atoms with van der Waals surface area (Å²) in [6.45, 7) is 2.43. The summed E-state index contributed by atoms with van der Waals surface area (Å²) in [5.41, 5.74) is 0.284. The summed E-state index contributed by atoms with van der Waals surface area (Å²) in [5.74, 6) is -0.750. The second-order valence-corrected chi connectivity index (χ2v) is 4.96. The average molecular weight is 278 g/mol. The van der Waals surface area contributed by atoms with Crippen molar-refractivity contribution in [1.29, 1.82) is 0 Å². The molecule has 0 aliphatic heterocycles. The van der Waals surface area contributed by atoms with Crippen LogP contribution in [0.3, 0.4) is 0 Å². The first-order chi connectivity index (χ1) is 8.00. The van der Waals surface area contributed by atoms with Gasteiger partial charge < -0.3 is 5.32 Å². The number of rotatable bonds is 5. The number of benzene rings is 1. The molecule has 0 aromatic heterocycles. The van der Waals surface area contributed by atoms with Gasteiger partial charge in [0.2, 0.25) is 0 Å². The topological polar surface area (TPSA) is 29.1 Å². The monoisotopic (exact) mass is 277 g/mol. The summed E-state index contributed by atoms with van der Waals surface area (Å²) in [5, 5.41) is 2.93. The molecule has 0 saturated carbocycles. The number of nitrogens with one attached hydrogen (secondary N) is 1. The van der Waals surface area contributed by atoms with Crippen LogP contribution >= 0.6 is 23.2 Å². The van der Waals surface area contributed by atoms with E-state index in [2.05, 4.69) is 5.32 Å². The Labute approximate surface area is 110 Å². The van der Waals surface area contributed by atoms with E-state index in [-0.39, 0.29) is 21.9 Å². The van der Waals surface area contributed by atoms with E-state index < -0.39 is 5.82 Å². The van der Waals surface area contributed by atoms with Gasteiger partial charge in [-0.1, -0.05) is 11.6 Å². The number of amides is 1. The van der Waals surface area contributed by atoms with Gasteiger partial charge in [0.1, 0.15) is 5.82 Å². The summed E-state index contributed by atoms with van der Waals surface area (Å²) < 4.78 is 12.8. The van der Waals surface area contributed by atoms with Crippen LogP contribution in [0.15, 0.2) is 18.2 Å². The van der Waals surface area contributed by atoms with Gasteiger partial charge in [-0.3, -0.25) is 4.79 Å². The Morgan fingerprint density at radius 3 is 2.82 bits per heavy atom. The van der Waals surface area contributed by atoms with Crippen LogP contribution in [0.4, 0.5) is 4.39 Å². The zero-order valence-electron chi connectivity index (χ0n) is 9.47. The van der Waals surface area contributed by atoms with Crippen molar-refractivity contribution in [2.45, 2.75) is 25.1 Å². The van der Waals surface area contributed by atoms with Crippen molar-refractivity contribution in [2.75, 3.05) is 6.54 Å². The molecule has 1 aromatic rings. The lowest BCUT2D eigenvalue weighted by atomic mass is 10.2. The van der Waals surface area contributed by atoms with Crippen LogP contribution in [-0.4, -0.2) is 17.8 Å². The molecule has 1 amide bonds. The van der Waals surface area contributed by atoms with Crippen LogP contribution in [0.25, 0.3) is 0 Å². The quantitative estimate of drug-likeness (QED) is 0.647. The highest BCUT2D eigenvalue weighted by Crippen LogP contribution is 2.17. The molecule has 0 saturated heterocycles. The molecule has 0 aliphatic carbocycles. The first-order valence-electron chi connectivity index (χ1n) is 5.38. The van der Waals surface area contributed by atoms with E-state index in [1.165, 1.54) is 12.1 Å². The Hall–Kier alpha value is -0.800. The summed E-state index contributed by atoms with van der Waals surface area (Å²) in [7, 11) is 0. The smallest absolute Gasteiger partial charge is 0.252 e. The standard InChI is InChI=1S/C12H14Cl2FNO/c1-8(13)3-2-6-16-12(17)10-5-4-9(15)7-11(10)14/h4-5,7-8H,2-3,6H2,1H3,(H,16,17). The number of carbonyl (C=O) groups excluding carboxylic acids is 1. The average Bonchev–Trinajstić information content (AvgIpc) is 2.23. The van der Waals surface area contributed by atoms with Gasteiger partial charge in [0, 0.05) is 11.9 Å². The third-order valence-corrected chi connectivity index (χ3v) is 2.77. The molecule has 0 aliphatic rings. The van der Waals surface area contributed by atoms with Crippen LogP contribution in [-0.2, 0) is 0 Å². The van der Waals surface area contributed by atoms with Crippen LogP contribution in [0, 0.1) is 5.82 Å². The fourth-order valence-corrected chi connectivity index (χ4v) is 1.76. The van der Waals surface area contributed by atoms with Crippen molar-refractivity contribution in [3.05, 3.63) is 34.6 Å². The van der Waals surface area contributed by atoms with Crippen LogP contribution in [0.5, 0.6) is 0 Å². The molecule has 17 heavy (non-hydrogen) atoms. The van der Waals surface area contributed by atoms with Crippen molar-refractivity contribution in [3.8, 4) is 0 Å². The van der Waals surface area contributed by atoms with Gasteiger partial charge in [0.25, 0.3) is 5.91 Å². The Bertz CT molecular complexity index is 396. The molecular weight excluding hydrogens is 264 g/mol. The summed E-state index contributed by atoms with van der Waals surface area (Å²) >= 11 is 11.5. The SMILES string of the molecule is CC(Cl)CCCNC(=O)c1ccc(F)cc1Cl. The molecule has 1 N–H and O–H groups in total. The number of alkyl halides is 1. The highest BCUT2D eigenvalue weighted by atomic mass is 35.5. The lowest BCUT2D eigenvalue weighted by molar-refractivity contribution is 0.0953. The number of carbonyl (C=O) groups is 1. The maximum Gasteiger partial charge on any atom is 0.252 e. The third-order valence-electron chi connectivity index (χ3n) is 2.24. The summed E-state index contributed by atoms with van der Waals surface area (Å²) in [6.07, 6.45) is 1.63. The molecule has 1 aromatic carbocycles. The molecule has 0 bridgehead atoms. The summed E-state index contributed by atoms with van der Waals surface area (Å²) in [4.78, 5) is 11.7. The normalized spacial score (nSPS) is 12.2. The molecule has 0 radical (unpaired) electrons. The fourth-order valence-electron chi connectivity index (χ4n) is 1.35. The minimum absolute atomic E-state index is 0.0984. The number of hydrogen-bond donors (Lipinski definition) is 1. The van der Waals surface area contributed by atoms with Gasteiger partial charge in [-0.15, -0.1) is 11.6 Å². The Balaban J connectivity index is 2.47. The lowest BCUT2D eigenvalue weighted by Crippen LogP contribution is -2.25. The largest absolute Gasteiger partial charge is 0.352 e. The van der Waals surface area contributed by atoms with Crippen LogP contribution < -0.4 is 5.32 Å². The molecular formula is C12H14Cl2FNO. The van der Waals surface area contributed by atoms with Gasteiger partial charge in [0.05, 0.1) is 10.6 Å². The predicted octanol–water partition coefficient (Wildman–Crippen LogP) is 3.62. The first-order valence-corrected chi connectivity index (χ1v) is 6.19. The lowest BCUT2D eigenvalue weighted by Gasteiger charge is -2.07. The molecule has 1 unspecified atom stereocenters. The van der Waals surface area contributed by atoms with Gasteiger partial charge >= 0.3 is 0 Å². The van der Waals surface area contributed by atoms with E-state index in [1.54, 1.807) is 0 Å². The molecule has 0 heterocycles. The zero-order chi connectivity index (χ0) is 12.8. The maximum atomic E-state index is 12.8. The fraction of sp³-hybridized carbons (Fsp3) is 0.417. The predicted molar refractivity (Wildman–Crippen MR) is 68.3 cm³/mol. The second kappa shape index (κ2) is 6.82. The first kappa shape index (κ1) is 14.3. The number of halogens is 3. The van der Waals surface area contributed by atoms with Gasteiger partial charge in [-0.2, -0.15) is 0 Å². The van der Waals surface area contributed by atoms with Gasteiger partial charge in [0.15, 0.2) is 0 Å². The van der Waals surface area contributed by atoms with Crippen LogP contribution in [0.2, 0.25) is 5.02 Å². The molecule has 0 spiro atoms. The molecule has 94 valence electrons. The Morgan fingerprint density at radius 2 is 2.24 bits per heavy atom. The van der Waals surface area contributed by atoms with E-state index in [0.717, 1.165) is 18.9 Å². The Kier molecular flexibility index (Phi) is 5.72. The van der Waals surface area contributed by atoms with Gasteiger partial charge in [-0.05, 0) is 38.0 Å².